The van der Waals surface area contributed by atoms with Crippen LogP contribution in [0.4, 0.5) is 5.69 Å². The molecule has 1 atom stereocenters. The number of hydrogen-bond acceptors (Lipinski definition) is 6. The number of nitro groups is 1. The normalized spacial score (nSPS) is 14.7. The lowest BCUT2D eigenvalue weighted by Gasteiger charge is -2.21. The molecule has 3 rings (SSSR count). The third-order valence-corrected chi connectivity index (χ3v) is 5.62. The molecule has 138 valence electrons. The molecule has 0 aliphatic carbocycles. The number of aryl methyl sites for hydroxylation is 1. The largest absolute Gasteiger partial charge is 0.486 e. The van der Waals surface area contributed by atoms with Gasteiger partial charge in [0, 0.05) is 17.7 Å². The second-order valence-corrected chi connectivity index (χ2v) is 7.67. The van der Waals surface area contributed by atoms with Gasteiger partial charge in [0.05, 0.1) is 9.82 Å². The second-order valence-electron chi connectivity index (χ2n) is 5.95. The standard InChI is InChI=1S/C17H18N2O6S/c1-11-3-5-14(10-15(11)19(20)21)26(22,23)18-12(2)13-4-6-16-17(9-13)25-8-7-24-16/h3-6,9-10,12,18H,7-8H2,1-2H3/t12-/m1/s1. The van der Waals surface area contributed by atoms with Crippen molar-refractivity contribution in [1.29, 1.82) is 0 Å². The summed E-state index contributed by atoms with van der Waals surface area (Å²) in [5.41, 5.74) is 0.855. The molecule has 0 aromatic heterocycles. The summed E-state index contributed by atoms with van der Waals surface area (Å²) in [6.45, 7) is 4.15. The first-order chi connectivity index (χ1) is 12.3. The van der Waals surface area contributed by atoms with E-state index in [2.05, 4.69) is 4.72 Å². The molecule has 0 radical (unpaired) electrons. The molecule has 0 unspecified atom stereocenters. The number of nitrogens with one attached hydrogen (secondary N) is 1. The molecule has 0 spiro atoms. The van der Waals surface area contributed by atoms with Gasteiger partial charge in [-0.05, 0) is 37.6 Å². The number of rotatable bonds is 5. The number of nitro benzene ring substituents is 1. The van der Waals surface area contributed by atoms with Crippen molar-refractivity contribution in [2.24, 2.45) is 0 Å². The summed E-state index contributed by atoms with van der Waals surface area (Å²) in [5.74, 6) is 1.18. The van der Waals surface area contributed by atoms with E-state index in [-0.39, 0.29) is 10.6 Å². The number of ether oxygens (including phenoxy) is 2. The van der Waals surface area contributed by atoms with E-state index in [1.165, 1.54) is 12.1 Å². The van der Waals surface area contributed by atoms with Crippen LogP contribution < -0.4 is 14.2 Å². The van der Waals surface area contributed by atoms with Crippen molar-refractivity contribution in [3.05, 3.63) is 57.6 Å². The van der Waals surface area contributed by atoms with E-state index >= 15 is 0 Å². The maximum atomic E-state index is 12.6. The predicted molar refractivity (Wildman–Crippen MR) is 94.0 cm³/mol. The van der Waals surface area contributed by atoms with Gasteiger partial charge in [-0.1, -0.05) is 12.1 Å². The van der Waals surface area contributed by atoms with Crippen molar-refractivity contribution in [1.82, 2.24) is 4.72 Å². The molecule has 1 aliphatic rings. The summed E-state index contributed by atoms with van der Waals surface area (Å²) in [4.78, 5) is 10.3. The SMILES string of the molecule is Cc1ccc(S(=O)(=O)N[C@H](C)c2ccc3c(c2)OCCO3)cc1[N+](=O)[O-]. The summed E-state index contributed by atoms with van der Waals surface area (Å²) >= 11 is 0. The van der Waals surface area contributed by atoms with Crippen LogP contribution in [0.2, 0.25) is 0 Å². The van der Waals surface area contributed by atoms with Crippen LogP contribution in [0.25, 0.3) is 0 Å². The molecule has 0 amide bonds. The molecular weight excluding hydrogens is 360 g/mol. The Morgan fingerprint density at radius 3 is 2.50 bits per heavy atom. The quantitative estimate of drug-likeness (QED) is 0.633. The summed E-state index contributed by atoms with van der Waals surface area (Å²) in [6.07, 6.45) is 0. The Kier molecular flexibility index (Phi) is 4.84. The maximum Gasteiger partial charge on any atom is 0.273 e. The zero-order valence-electron chi connectivity index (χ0n) is 14.3. The van der Waals surface area contributed by atoms with Gasteiger partial charge in [0.25, 0.3) is 5.69 Å². The topological polar surface area (TPSA) is 108 Å². The molecule has 9 heteroatoms. The van der Waals surface area contributed by atoms with Gasteiger partial charge in [-0.15, -0.1) is 0 Å². The van der Waals surface area contributed by atoms with E-state index in [4.69, 9.17) is 9.47 Å². The minimum Gasteiger partial charge on any atom is -0.486 e. The van der Waals surface area contributed by atoms with Gasteiger partial charge in [-0.3, -0.25) is 10.1 Å². The fourth-order valence-corrected chi connectivity index (χ4v) is 3.90. The van der Waals surface area contributed by atoms with Crippen LogP contribution in [0.15, 0.2) is 41.3 Å². The van der Waals surface area contributed by atoms with E-state index in [0.717, 1.165) is 6.07 Å². The van der Waals surface area contributed by atoms with Gasteiger partial charge in [0.15, 0.2) is 11.5 Å². The number of fused-ring (bicyclic) bond motifs is 1. The van der Waals surface area contributed by atoms with Crippen molar-refractivity contribution < 1.29 is 22.8 Å². The first-order valence-corrected chi connectivity index (χ1v) is 9.43. The lowest BCUT2D eigenvalue weighted by Crippen LogP contribution is -2.27. The Morgan fingerprint density at radius 2 is 1.81 bits per heavy atom. The lowest BCUT2D eigenvalue weighted by molar-refractivity contribution is -0.385. The van der Waals surface area contributed by atoms with Crippen LogP contribution >= 0.6 is 0 Å². The third-order valence-electron chi connectivity index (χ3n) is 4.09. The molecule has 26 heavy (non-hydrogen) atoms. The fourth-order valence-electron chi connectivity index (χ4n) is 2.65. The monoisotopic (exact) mass is 378 g/mol. The van der Waals surface area contributed by atoms with Crippen LogP contribution in [0.1, 0.15) is 24.1 Å². The average Bonchev–Trinajstić information content (AvgIpc) is 2.60. The Hall–Kier alpha value is -2.65. The van der Waals surface area contributed by atoms with Gasteiger partial charge >= 0.3 is 0 Å². The molecule has 0 fully saturated rings. The minimum atomic E-state index is -3.93. The highest BCUT2D eigenvalue weighted by Gasteiger charge is 2.23. The summed E-state index contributed by atoms with van der Waals surface area (Å²) in [7, 11) is -3.93. The summed E-state index contributed by atoms with van der Waals surface area (Å²) in [6, 6.07) is 8.47. The number of hydrogen-bond donors (Lipinski definition) is 1. The van der Waals surface area contributed by atoms with Crippen LogP contribution in [-0.4, -0.2) is 26.6 Å². The Bertz CT molecular complexity index is 958. The highest BCUT2D eigenvalue weighted by atomic mass is 32.2. The molecular formula is C17H18N2O6S. The Balaban J connectivity index is 1.85. The van der Waals surface area contributed by atoms with E-state index in [1.54, 1.807) is 32.0 Å². The number of sulfonamides is 1. The summed E-state index contributed by atoms with van der Waals surface area (Å²) in [5, 5.41) is 11.0. The van der Waals surface area contributed by atoms with Gasteiger partial charge < -0.3 is 9.47 Å². The first-order valence-electron chi connectivity index (χ1n) is 7.95. The van der Waals surface area contributed by atoms with Crippen LogP contribution in [0.5, 0.6) is 11.5 Å². The molecule has 0 bridgehead atoms. The van der Waals surface area contributed by atoms with Crippen molar-refractivity contribution in [3.8, 4) is 11.5 Å². The highest BCUT2D eigenvalue weighted by Crippen LogP contribution is 2.33. The molecule has 0 saturated carbocycles. The van der Waals surface area contributed by atoms with Crippen molar-refractivity contribution >= 4 is 15.7 Å². The smallest absolute Gasteiger partial charge is 0.273 e. The van der Waals surface area contributed by atoms with Gasteiger partial charge in [-0.25, -0.2) is 13.1 Å². The molecule has 1 N–H and O–H groups in total. The van der Waals surface area contributed by atoms with E-state index in [0.29, 0.717) is 35.8 Å². The second kappa shape index (κ2) is 6.93. The van der Waals surface area contributed by atoms with E-state index < -0.39 is 21.0 Å². The Morgan fingerprint density at radius 1 is 1.12 bits per heavy atom. The molecule has 0 saturated heterocycles. The number of benzene rings is 2. The van der Waals surface area contributed by atoms with E-state index in [9.17, 15) is 18.5 Å². The van der Waals surface area contributed by atoms with Crippen LogP contribution in [0.3, 0.4) is 0 Å². The van der Waals surface area contributed by atoms with Crippen molar-refractivity contribution in [2.75, 3.05) is 13.2 Å². The molecule has 1 heterocycles. The van der Waals surface area contributed by atoms with Gasteiger partial charge in [0.1, 0.15) is 13.2 Å². The van der Waals surface area contributed by atoms with E-state index in [1.807, 2.05) is 0 Å². The van der Waals surface area contributed by atoms with Gasteiger partial charge in [0.2, 0.25) is 10.0 Å². The van der Waals surface area contributed by atoms with Crippen LogP contribution in [0, 0.1) is 17.0 Å². The van der Waals surface area contributed by atoms with Crippen molar-refractivity contribution in [3.63, 3.8) is 0 Å². The molecule has 8 nitrogen and oxygen atoms in total. The maximum absolute atomic E-state index is 12.6. The fraction of sp³-hybridized carbons (Fsp3) is 0.294. The van der Waals surface area contributed by atoms with Crippen LogP contribution in [-0.2, 0) is 10.0 Å². The zero-order valence-corrected chi connectivity index (χ0v) is 15.1. The summed E-state index contributed by atoms with van der Waals surface area (Å²) < 4.78 is 38.7. The zero-order chi connectivity index (χ0) is 18.9. The minimum absolute atomic E-state index is 0.154. The molecule has 1 aliphatic heterocycles. The van der Waals surface area contributed by atoms with Gasteiger partial charge in [-0.2, -0.15) is 0 Å². The lowest BCUT2D eigenvalue weighted by atomic mass is 10.1. The molecule has 2 aromatic carbocycles. The molecule has 2 aromatic rings. The Labute approximate surface area is 150 Å². The predicted octanol–water partition coefficient (Wildman–Crippen LogP) is 2.71. The third kappa shape index (κ3) is 3.63. The van der Waals surface area contributed by atoms with Crippen molar-refractivity contribution in [2.45, 2.75) is 24.8 Å². The average molecular weight is 378 g/mol. The number of nitrogens with zero attached hydrogens (tertiary/aromatic N) is 1. The first kappa shape index (κ1) is 18.2. The highest BCUT2D eigenvalue weighted by molar-refractivity contribution is 7.89.